The maximum atomic E-state index is 12.1. The van der Waals surface area contributed by atoms with Gasteiger partial charge in [0, 0.05) is 12.6 Å². The normalized spacial score (nSPS) is 14.1. The average Bonchev–Trinajstić information content (AvgIpc) is 2.47. The van der Waals surface area contributed by atoms with E-state index >= 15 is 0 Å². The molecule has 0 amide bonds. The number of aromatic nitrogens is 2. The van der Waals surface area contributed by atoms with Gasteiger partial charge in [0.25, 0.3) is 0 Å². The van der Waals surface area contributed by atoms with Crippen LogP contribution in [0.5, 0.6) is 0 Å². The Kier molecular flexibility index (Phi) is 3.27. The lowest BCUT2D eigenvalue weighted by molar-refractivity contribution is -0.138. The summed E-state index contributed by atoms with van der Waals surface area (Å²) in [5, 5.41) is 8.18. The van der Waals surface area contributed by atoms with Crippen LogP contribution in [0.1, 0.15) is 11.9 Å². The van der Waals surface area contributed by atoms with E-state index in [0.717, 1.165) is 0 Å². The smallest absolute Gasteiger partial charge is 0.359 e. The van der Waals surface area contributed by atoms with Crippen molar-refractivity contribution in [2.45, 2.75) is 19.1 Å². The Bertz CT molecular complexity index is 296. The molecule has 0 bridgehead atoms. The van der Waals surface area contributed by atoms with Crippen LogP contribution in [0, 0.1) is 0 Å². The quantitative estimate of drug-likeness (QED) is 0.815. The van der Waals surface area contributed by atoms with E-state index in [4.69, 9.17) is 5.73 Å². The first-order chi connectivity index (χ1) is 6.39. The molecular formula is C6H9F3N4S. The fraction of sp³-hybridized carbons (Fsp3) is 0.667. The Labute approximate surface area is 82.3 Å². The summed E-state index contributed by atoms with van der Waals surface area (Å²) in [6.45, 7) is 2.10. The number of hydrogen-bond donors (Lipinski definition) is 2. The van der Waals surface area contributed by atoms with Crippen molar-refractivity contribution in [1.82, 2.24) is 10.2 Å². The summed E-state index contributed by atoms with van der Waals surface area (Å²) < 4.78 is 36.2. The molecule has 1 heterocycles. The van der Waals surface area contributed by atoms with Crippen LogP contribution in [0.2, 0.25) is 0 Å². The minimum atomic E-state index is -4.42. The molecule has 0 radical (unpaired) electrons. The molecule has 0 aliphatic heterocycles. The molecular weight excluding hydrogens is 217 g/mol. The molecule has 1 unspecified atom stereocenters. The first kappa shape index (κ1) is 11.2. The van der Waals surface area contributed by atoms with E-state index in [2.05, 4.69) is 15.5 Å². The van der Waals surface area contributed by atoms with Crippen LogP contribution in [0.15, 0.2) is 0 Å². The van der Waals surface area contributed by atoms with Crippen LogP contribution in [0.25, 0.3) is 0 Å². The van der Waals surface area contributed by atoms with Gasteiger partial charge >= 0.3 is 6.18 Å². The molecule has 0 saturated heterocycles. The van der Waals surface area contributed by atoms with Crippen molar-refractivity contribution < 1.29 is 13.2 Å². The Morgan fingerprint density at radius 3 is 2.57 bits per heavy atom. The van der Waals surface area contributed by atoms with Crippen LogP contribution in [-0.4, -0.2) is 22.8 Å². The van der Waals surface area contributed by atoms with Crippen molar-refractivity contribution in [2.24, 2.45) is 5.73 Å². The van der Waals surface area contributed by atoms with Gasteiger partial charge in [-0.15, -0.1) is 10.2 Å². The SMILES string of the molecule is CC(N)CNc1nnc(C(F)(F)F)s1. The van der Waals surface area contributed by atoms with Gasteiger partial charge < -0.3 is 11.1 Å². The van der Waals surface area contributed by atoms with Gasteiger partial charge in [-0.2, -0.15) is 13.2 Å². The van der Waals surface area contributed by atoms with E-state index in [1.165, 1.54) is 0 Å². The van der Waals surface area contributed by atoms with Gasteiger partial charge in [-0.1, -0.05) is 11.3 Å². The van der Waals surface area contributed by atoms with Crippen LogP contribution >= 0.6 is 11.3 Å². The third-order valence-corrected chi connectivity index (χ3v) is 2.17. The Morgan fingerprint density at radius 2 is 2.14 bits per heavy atom. The number of rotatable bonds is 3. The molecule has 8 heteroatoms. The lowest BCUT2D eigenvalue weighted by atomic mass is 10.4. The van der Waals surface area contributed by atoms with Crippen molar-refractivity contribution in [3.8, 4) is 0 Å². The highest BCUT2D eigenvalue weighted by Crippen LogP contribution is 2.32. The Morgan fingerprint density at radius 1 is 1.50 bits per heavy atom. The molecule has 80 valence electrons. The zero-order valence-electron chi connectivity index (χ0n) is 7.30. The number of hydrogen-bond acceptors (Lipinski definition) is 5. The zero-order valence-corrected chi connectivity index (χ0v) is 8.11. The first-order valence-electron chi connectivity index (χ1n) is 3.79. The van der Waals surface area contributed by atoms with Crippen molar-refractivity contribution in [3.05, 3.63) is 5.01 Å². The monoisotopic (exact) mass is 226 g/mol. The number of nitrogens with zero attached hydrogens (tertiary/aromatic N) is 2. The summed E-state index contributed by atoms with van der Waals surface area (Å²) >= 11 is 0.468. The fourth-order valence-corrected chi connectivity index (χ4v) is 1.28. The number of anilines is 1. The van der Waals surface area contributed by atoms with E-state index in [1.807, 2.05) is 0 Å². The summed E-state index contributed by atoms with van der Waals surface area (Å²) in [5.74, 6) is 0. The second-order valence-corrected chi connectivity index (χ2v) is 3.75. The molecule has 1 rings (SSSR count). The molecule has 14 heavy (non-hydrogen) atoms. The molecule has 0 fully saturated rings. The second-order valence-electron chi connectivity index (χ2n) is 2.77. The maximum absolute atomic E-state index is 12.1. The van der Waals surface area contributed by atoms with Crippen LogP contribution in [-0.2, 0) is 6.18 Å². The number of nitrogens with one attached hydrogen (secondary N) is 1. The highest BCUT2D eigenvalue weighted by molar-refractivity contribution is 7.15. The topological polar surface area (TPSA) is 63.8 Å². The first-order valence-corrected chi connectivity index (χ1v) is 4.61. The predicted octanol–water partition coefficient (Wildman–Crippen LogP) is 1.32. The summed E-state index contributed by atoms with van der Waals surface area (Å²) in [5.41, 5.74) is 5.40. The van der Waals surface area contributed by atoms with Gasteiger partial charge in [-0.05, 0) is 6.92 Å². The van der Waals surface area contributed by atoms with Crippen molar-refractivity contribution >= 4 is 16.5 Å². The van der Waals surface area contributed by atoms with Crippen LogP contribution < -0.4 is 11.1 Å². The van der Waals surface area contributed by atoms with Gasteiger partial charge in [0.2, 0.25) is 10.1 Å². The maximum Gasteiger partial charge on any atom is 0.445 e. The molecule has 1 aromatic rings. The van der Waals surface area contributed by atoms with E-state index < -0.39 is 11.2 Å². The molecule has 3 N–H and O–H groups in total. The van der Waals surface area contributed by atoms with E-state index in [9.17, 15) is 13.2 Å². The van der Waals surface area contributed by atoms with Crippen molar-refractivity contribution in [1.29, 1.82) is 0 Å². The minimum absolute atomic E-state index is 0.134. The van der Waals surface area contributed by atoms with Gasteiger partial charge in [-0.25, -0.2) is 0 Å². The average molecular weight is 226 g/mol. The Hall–Kier alpha value is -0.890. The van der Waals surface area contributed by atoms with Crippen molar-refractivity contribution in [2.75, 3.05) is 11.9 Å². The molecule has 0 spiro atoms. The van der Waals surface area contributed by atoms with E-state index in [0.29, 0.717) is 17.9 Å². The second kappa shape index (κ2) is 4.09. The van der Waals surface area contributed by atoms with Gasteiger partial charge in [0.05, 0.1) is 0 Å². The molecule has 0 saturated carbocycles. The molecule has 0 aliphatic rings. The molecule has 1 aromatic heterocycles. The van der Waals surface area contributed by atoms with Crippen molar-refractivity contribution in [3.63, 3.8) is 0 Å². The molecule has 1 atom stereocenters. The molecule has 0 aliphatic carbocycles. The van der Waals surface area contributed by atoms with Gasteiger partial charge in [-0.3, -0.25) is 0 Å². The van der Waals surface area contributed by atoms with Gasteiger partial charge in [0.15, 0.2) is 0 Å². The third kappa shape index (κ3) is 3.11. The summed E-state index contributed by atoms with van der Waals surface area (Å²) in [7, 11) is 0. The standard InChI is InChI=1S/C6H9F3N4S/c1-3(10)2-11-5-13-12-4(14-5)6(7,8)9/h3H,2,10H2,1H3,(H,11,13). The van der Waals surface area contributed by atoms with E-state index in [-0.39, 0.29) is 11.2 Å². The third-order valence-electron chi connectivity index (χ3n) is 1.24. The van der Waals surface area contributed by atoms with Crippen LogP contribution in [0.3, 0.4) is 0 Å². The zero-order chi connectivity index (χ0) is 10.8. The van der Waals surface area contributed by atoms with Gasteiger partial charge in [0.1, 0.15) is 0 Å². The fourth-order valence-electron chi connectivity index (χ4n) is 0.658. The van der Waals surface area contributed by atoms with Crippen LogP contribution in [0.4, 0.5) is 18.3 Å². The minimum Gasteiger partial charge on any atom is -0.359 e. The van der Waals surface area contributed by atoms with E-state index in [1.54, 1.807) is 6.92 Å². The lowest BCUT2D eigenvalue weighted by Crippen LogP contribution is -2.25. The molecule has 4 nitrogen and oxygen atoms in total. The highest BCUT2D eigenvalue weighted by Gasteiger charge is 2.35. The highest BCUT2D eigenvalue weighted by atomic mass is 32.1. The number of alkyl halides is 3. The largest absolute Gasteiger partial charge is 0.445 e. The summed E-state index contributed by atoms with van der Waals surface area (Å²) in [4.78, 5) is 0. The lowest BCUT2D eigenvalue weighted by Gasteiger charge is -2.04. The summed E-state index contributed by atoms with van der Waals surface area (Å²) in [6, 6.07) is -0.145. The Balaban J connectivity index is 2.60. The predicted molar refractivity (Wildman–Crippen MR) is 47.1 cm³/mol. The molecule has 0 aromatic carbocycles. The number of halogens is 3. The number of nitrogens with two attached hydrogens (primary N) is 1. The summed E-state index contributed by atoms with van der Waals surface area (Å²) in [6.07, 6.45) is -4.42.